The van der Waals surface area contributed by atoms with Gasteiger partial charge in [-0.1, -0.05) is 12.1 Å². The third kappa shape index (κ3) is 6.38. The zero-order valence-electron chi connectivity index (χ0n) is 27.6. The first-order valence-corrected chi connectivity index (χ1v) is 19.5. The molecule has 2 aromatic carbocycles. The summed E-state index contributed by atoms with van der Waals surface area (Å²) in [7, 11) is -2.19. The highest BCUT2D eigenvalue weighted by molar-refractivity contribution is 9.11. The molecule has 0 radical (unpaired) electrons. The minimum absolute atomic E-state index is 0.0208. The molecule has 282 valence electrons. The largest absolute Gasteiger partial charge is 0.435 e. The van der Waals surface area contributed by atoms with E-state index in [9.17, 15) is 35.2 Å². The van der Waals surface area contributed by atoms with Crippen LogP contribution in [0.4, 0.5) is 36.6 Å². The van der Waals surface area contributed by atoms with Crippen LogP contribution in [0.25, 0.3) is 32.4 Å². The van der Waals surface area contributed by atoms with E-state index in [0.29, 0.717) is 41.4 Å². The number of benzene rings is 2. The Balaban J connectivity index is 1.27. The van der Waals surface area contributed by atoms with Gasteiger partial charge in [-0.05, 0) is 64.5 Å². The number of halogens is 8. The molecule has 8 rings (SSSR count). The summed E-state index contributed by atoms with van der Waals surface area (Å²) in [5.41, 5.74) is -1.53. The van der Waals surface area contributed by atoms with Crippen molar-refractivity contribution in [3.63, 3.8) is 0 Å². The highest BCUT2D eigenvalue weighted by atomic mass is 79.9. The molecule has 4 aromatic heterocycles. The molecule has 1 amide bonds. The molecule has 0 unspecified atom stereocenters. The second kappa shape index (κ2) is 12.4. The molecule has 6 aromatic rings. The van der Waals surface area contributed by atoms with E-state index in [-0.39, 0.29) is 35.6 Å². The number of carbonyl (C=O) groups is 1. The van der Waals surface area contributed by atoms with Crippen LogP contribution in [0.2, 0.25) is 0 Å². The lowest BCUT2D eigenvalue weighted by Gasteiger charge is -2.23. The van der Waals surface area contributed by atoms with E-state index in [0.717, 1.165) is 18.4 Å². The van der Waals surface area contributed by atoms with Crippen molar-refractivity contribution in [2.75, 3.05) is 11.0 Å². The van der Waals surface area contributed by atoms with Crippen LogP contribution in [0.5, 0.6) is 0 Å². The minimum atomic E-state index is -5.05. The minimum Gasteiger partial charge on any atom is -0.346 e. The maximum absolute atomic E-state index is 15.3. The van der Waals surface area contributed by atoms with Gasteiger partial charge in [0.05, 0.1) is 28.2 Å². The lowest BCUT2D eigenvalue weighted by Crippen LogP contribution is -2.35. The molecule has 0 bridgehead atoms. The van der Waals surface area contributed by atoms with Gasteiger partial charge in [0.1, 0.15) is 23.9 Å². The zero-order valence-corrected chi connectivity index (χ0v) is 30.9. The summed E-state index contributed by atoms with van der Waals surface area (Å²) in [6, 6.07) is 8.01. The molecule has 4 heterocycles. The zero-order chi connectivity index (χ0) is 38.6. The van der Waals surface area contributed by atoms with Crippen molar-refractivity contribution >= 4 is 70.3 Å². The lowest BCUT2D eigenvalue weighted by molar-refractivity contribution is -0.142. The molecule has 1 saturated carbocycles. The van der Waals surface area contributed by atoms with Gasteiger partial charge in [-0.3, -0.25) is 18.9 Å². The van der Waals surface area contributed by atoms with Crippen molar-refractivity contribution in [3.05, 3.63) is 86.2 Å². The summed E-state index contributed by atoms with van der Waals surface area (Å²) in [5.74, 6) is -8.89. The highest BCUT2D eigenvalue weighted by Gasteiger charge is 2.68. The number of anilines is 1. The summed E-state index contributed by atoms with van der Waals surface area (Å²) in [5, 5.41) is 10.8. The van der Waals surface area contributed by atoms with Crippen molar-refractivity contribution in [1.29, 1.82) is 0 Å². The van der Waals surface area contributed by atoms with Gasteiger partial charge in [0.25, 0.3) is 5.92 Å². The Hall–Kier alpha value is -4.63. The van der Waals surface area contributed by atoms with E-state index in [4.69, 9.17) is 4.98 Å². The second-order valence-electron chi connectivity index (χ2n) is 13.2. The molecular weight excluding hydrogens is 833 g/mol. The van der Waals surface area contributed by atoms with E-state index in [1.807, 2.05) is 0 Å². The van der Waals surface area contributed by atoms with Gasteiger partial charge in [-0.25, -0.2) is 27.2 Å². The van der Waals surface area contributed by atoms with Gasteiger partial charge in [-0.15, -0.1) is 11.3 Å². The second-order valence-corrected chi connectivity index (χ2v) is 17.3. The number of fused-ring (bicyclic) bond motifs is 5. The first-order chi connectivity index (χ1) is 25.3. The van der Waals surface area contributed by atoms with Gasteiger partial charge >= 0.3 is 6.18 Å². The Morgan fingerprint density at radius 3 is 2.50 bits per heavy atom. The van der Waals surface area contributed by atoms with Crippen LogP contribution in [0.3, 0.4) is 0 Å². The quantitative estimate of drug-likeness (QED) is 0.147. The number of rotatable bonds is 9. The van der Waals surface area contributed by atoms with Crippen molar-refractivity contribution in [3.8, 4) is 11.1 Å². The number of hydrogen-bond donors (Lipinski definition) is 2. The standard InChI is InChI=1S/C33H24BrF7N8O3S2/c1-48-26-16(4-3-5-17(26)29(46-48)47-54(2,51)52)18-11-22-30(44-31(34)53-22)43-25(18)21(8-13-6-14(35)9-15(36)7-13)42-23(50)12-49-28-24(27(45-49)33(39,40)41)19-10-20(19)32(28,37)38/h3-7,9,11,19-21H,8,10,12H2,1-2H3,(H,42,50)(H,46,47)/t19-,20+,21-/m0/s1. The predicted molar refractivity (Wildman–Crippen MR) is 186 cm³/mol. The molecule has 2 aliphatic rings. The molecule has 0 spiro atoms. The number of aryl methyl sites for hydroxylation is 1. The average molecular weight is 858 g/mol. The van der Waals surface area contributed by atoms with E-state index in [1.165, 1.54) is 16.0 Å². The highest BCUT2D eigenvalue weighted by Crippen LogP contribution is 2.68. The SMILES string of the molecule is Cn1nc(NS(C)(=O)=O)c2cccc(-c3cc4sc(Br)nc4nc3[C@H](Cc3cc(F)cc(F)c3)NC(=O)Cn3nc(C(F)(F)F)c4c3C(F)(F)[C@@H]3C[C@H]43)c21. The maximum Gasteiger partial charge on any atom is 0.435 e. The normalized spacial score (nSPS) is 18.2. The van der Waals surface area contributed by atoms with E-state index in [2.05, 4.69) is 41.2 Å². The van der Waals surface area contributed by atoms with Crippen molar-refractivity contribution in [1.82, 2.24) is 34.8 Å². The average Bonchev–Trinajstić information content (AvgIpc) is 3.37. The van der Waals surface area contributed by atoms with Crippen LogP contribution in [-0.4, -0.2) is 50.1 Å². The molecular formula is C33H24BrF7N8O3S2. The van der Waals surface area contributed by atoms with Crippen LogP contribution in [0.1, 0.15) is 46.6 Å². The Bertz CT molecular complexity index is 2640. The van der Waals surface area contributed by atoms with Crippen LogP contribution in [-0.2, 0) is 46.9 Å². The molecule has 2 aliphatic carbocycles. The van der Waals surface area contributed by atoms with Crippen LogP contribution in [0, 0.1) is 17.6 Å². The number of pyridine rings is 1. The third-order valence-electron chi connectivity index (χ3n) is 9.34. The number of nitrogens with zero attached hydrogens (tertiary/aromatic N) is 6. The predicted octanol–water partition coefficient (Wildman–Crippen LogP) is 7.18. The van der Waals surface area contributed by atoms with Gasteiger partial charge in [0, 0.05) is 41.1 Å². The maximum atomic E-state index is 15.3. The number of hydrogen-bond acceptors (Lipinski definition) is 8. The number of sulfonamides is 1. The van der Waals surface area contributed by atoms with Crippen molar-refractivity contribution < 1.29 is 43.9 Å². The Morgan fingerprint density at radius 1 is 1.09 bits per heavy atom. The number of para-hydroxylation sites is 1. The lowest BCUT2D eigenvalue weighted by atomic mass is 9.94. The van der Waals surface area contributed by atoms with Crippen LogP contribution >= 0.6 is 27.3 Å². The van der Waals surface area contributed by atoms with Gasteiger partial charge in [0.2, 0.25) is 15.9 Å². The van der Waals surface area contributed by atoms with Crippen molar-refractivity contribution in [2.24, 2.45) is 13.0 Å². The number of nitrogens with one attached hydrogen (secondary N) is 2. The molecule has 0 aliphatic heterocycles. The fourth-order valence-electron chi connectivity index (χ4n) is 7.29. The third-order valence-corrected chi connectivity index (χ3v) is 11.4. The smallest absolute Gasteiger partial charge is 0.346 e. The topological polar surface area (TPSA) is 137 Å². The number of alkyl halides is 5. The summed E-state index contributed by atoms with van der Waals surface area (Å²) >= 11 is 4.55. The fourth-order valence-corrected chi connectivity index (χ4v) is 9.15. The van der Waals surface area contributed by atoms with Crippen molar-refractivity contribution in [2.45, 2.75) is 43.4 Å². The Labute approximate surface area is 312 Å². The van der Waals surface area contributed by atoms with Crippen LogP contribution < -0.4 is 10.0 Å². The summed E-state index contributed by atoms with van der Waals surface area (Å²) < 4.78 is 131. The van der Waals surface area contributed by atoms with Gasteiger partial charge in [0.15, 0.2) is 21.1 Å². The monoisotopic (exact) mass is 856 g/mol. The number of amides is 1. The number of carbonyl (C=O) groups excluding carboxylic acids is 1. The number of aromatic nitrogens is 6. The molecule has 54 heavy (non-hydrogen) atoms. The number of thiazole rings is 1. The fraction of sp³-hybridized carbons (Fsp3) is 0.303. The summed E-state index contributed by atoms with van der Waals surface area (Å²) in [6.45, 7) is -1.04. The molecule has 1 fully saturated rings. The Morgan fingerprint density at radius 2 is 1.81 bits per heavy atom. The summed E-state index contributed by atoms with van der Waals surface area (Å²) in [6.07, 6.45) is -4.55. The van der Waals surface area contributed by atoms with Gasteiger partial charge < -0.3 is 5.32 Å². The first-order valence-electron chi connectivity index (χ1n) is 16.0. The molecule has 0 saturated heterocycles. The summed E-state index contributed by atoms with van der Waals surface area (Å²) in [4.78, 5) is 23.0. The van der Waals surface area contributed by atoms with Crippen LogP contribution in [0.15, 0.2) is 46.4 Å². The first kappa shape index (κ1) is 36.4. The molecule has 2 N–H and O–H groups in total. The Kier molecular flexibility index (Phi) is 8.38. The van der Waals surface area contributed by atoms with E-state index < -0.39 is 81.0 Å². The van der Waals surface area contributed by atoms with E-state index >= 15 is 8.78 Å². The molecule has 3 atom stereocenters. The molecule has 11 nitrogen and oxygen atoms in total. The van der Waals surface area contributed by atoms with E-state index in [1.54, 1.807) is 31.3 Å². The molecule has 21 heteroatoms. The van der Waals surface area contributed by atoms with Gasteiger partial charge in [-0.2, -0.15) is 32.1 Å².